The molecule has 0 fully saturated rings. The summed E-state index contributed by atoms with van der Waals surface area (Å²) in [6.45, 7) is 0. The standard InChI is InChI=1S/C17H14FN3O2S/c1-24-17-19-10-15(21(17)13-7-5-11(18)6-8-13)16(23)20-12-3-2-4-14(22)9-12/h2-10,22H,1H3,(H,20,23). The Morgan fingerprint density at radius 1 is 1.25 bits per heavy atom. The zero-order valence-electron chi connectivity index (χ0n) is 12.7. The normalized spacial score (nSPS) is 10.6. The molecular weight excluding hydrogens is 329 g/mol. The molecule has 3 aromatic rings. The highest BCUT2D eigenvalue weighted by Gasteiger charge is 2.18. The van der Waals surface area contributed by atoms with Crippen molar-refractivity contribution in [2.45, 2.75) is 5.16 Å². The van der Waals surface area contributed by atoms with Gasteiger partial charge in [-0.05, 0) is 42.7 Å². The maximum absolute atomic E-state index is 13.2. The number of amides is 1. The number of hydrogen-bond acceptors (Lipinski definition) is 4. The molecule has 5 nitrogen and oxygen atoms in total. The van der Waals surface area contributed by atoms with Crippen molar-refractivity contribution in [3.05, 3.63) is 66.2 Å². The smallest absolute Gasteiger partial charge is 0.274 e. The zero-order valence-corrected chi connectivity index (χ0v) is 13.5. The van der Waals surface area contributed by atoms with Crippen LogP contribution in [0.15, 0.2) is 59.9 Å². The molecule has 7 heteroatoms. The third kappa shape index (κ3) is 3.26. The van der Waals surface area contributed by atoms with Crippen molar-refractivity contribution in [3.63, 3.8) is 0 Å². The van der Waals surface area contributed by atoms with Crippen LogP contribution in [0.5, 0.6) is 5.75 Å². The lowest BCUT2D eigenvalue weighted by molar-refractivity contribution is 0.102. The van der Waals surface area contributed by atoms with Crippen LogP contribution in [0.25, 0.3) is 5.69 Å². The third-order valence-corrected chi connectivity index (χ3v) is 3.99. The van der Waals surface area contributed by atoms with Gasteiger partial charge in [0.1, 0.15) is 17.3 Å². The summed E-state index contributed by atoms with van der Waals surface area (Å²) in [7, 11) is 0. The fraction of sp³-hybridized carbons (Fsp3) is 0.0588. The number of carbonyl (C=O) groups is 1. The van der Waals surface area contributed by atoms with E-state index in [0.717, 1.165) is 0 Å². The highest BCUT2D eigenvalue weighted by molar-refractivity contribution is 7.98. The second-order valence-electron chi connectivity index (χ2n) is 4.95. The first-order valence-electron chi connectivity index (χ1n) is 7.06. The van der Waals surface area contributed by atoms with E-state index in [1.165, 1.54) is 42.2 Å². The number of thioether (sulfide) groups is 1. The van der Waals surface area contributed by atoms with Gasteiger partial charge in [0, 0.05) is 17.4 Å². The highest BCUT2D eigenvalue weighted by Crippen LogP contribution is 2.23. The molecule has 1 amide bonds. The van der Waals surface area contributed by atoms with Crippen molar-refractivity contribution < 1.29 is 14.3 Å². The summed E-state index contributed by atoms with van der Waals surface area (Å²) in [6.07, 6.45) is 3.31. The van der Waals surface area contributed by atoms with E-state index < -0.39 is 0 Å². The molecule has 2 aromatic carbocycles. The number of carbonyl (C=O) groups excluding carboxylic acids is 1. The maximum Gasteiger partial charge on any atom is 0.274 e. The number of benzene rings is 2. The number of anilines is 1. The van der Waals surface area contributed by atoms with Crippen molar-refractivity contribution >= 4 is 23.4 Å². The van der Waals surface area contributed by atoms with Crippen LogP contribution >= 0.6 is 11.8 Å². The Morgan fingerprint density at radius 2 is 2.00 bits per heavy atom. The van der Waals surface area contributed by atoms with Crippen molar-refractivity contribution in [1.29, 1.82) is 0 Å². The molecule has 1 aromatic heterocycles. The van der Waals surface area contributed by atoms with E-state index in [1.54, 1.807) is 28.8 Å². The van der Waals surface area contributed by atoms with Gasteiger partial charge in [0.05, 0.1) is 6.20 Å². The second kappa shape index (κ2) is 6.76. The minimum Gasteiger partial charge on any atom is -0.508 e. The Kier molecular flexibility index (Phi) is 4.52. The average molecular weight is 343 g/mol. The number of rotatable bonds is 4. The fourth-order valence-corrected chi connectivity index (χ4v) is 2.80. The van der Waals surface area contributed by atoms with Gasteiger partial charge in [-0.3, -0.25) is 9.36 Å². The summed E-state index contributed by atoms with van der Waals surface area (Å²) in [6, 6.07) is 12.1. The summed E-state index contributed by atoms with van der Waals surface area (Å²) in [5.41, 5.74) is 1.42. The van der Waals surface area contributed by atoms with Gasteiger partial charge in [-0.1, -0.05) is 17.8 Å². The lowest BCUT2D eigenvalue weighted by Gasteiger charge is -2.11. The van der Waals surface area contributed by atoms with Crippen molar-refractivity contribution in [2.24, 2.45) is 0 Å². The van der Waals surface area contributed by atoms with Crippen LogP contribution < -0.4 is 5.32 Å². The summed E-state index contributed by atoms with van der Waals surface area (Å²) in [5, 5.41) is 12.8. The first kappa shape index (κ1) is 16.1. The molecule has 0 bridgehead atoms. The topological polar surface area (TPSA) is 67.2 Å². The predicted octanol–water partition coefficient (Wildman–Crippen LogP) is 3.69. The molecule has 0 unspecified atom stereocenters. The Morgan fingerprint density at radius 3 is 2.67 bits per heavy atom. The number of aromatic nitrogens is 2. The quantitative estimate of drug-likeness (QED) is 0.709. The first-order valence-corrected chi connectivity index (χ1v) is 8.29. The molecule has 0 radical (unpaired) electrons. The van der Waals surface area contributed by atoms with Crippen LogP contribution in [0.1, 0.15) is 10.5 Å². The number of imidazole rings is 1. The van der Waals surface area contributed by atoms with Crippen molar-refractivity contribution in [2.75, 3.05) is 11.6 Å². The SMILES string of the molecule is CSc1ncc(C(=O)Nc2cccc(O)c2)n1-c1ccc(F)cc1. The maximum atomic E-state index is 13.2. The second-order valence-corrected chi connectivity index (χ2v) is 5.72. The third-order valence-electron chi connectivity index (χ3n) is 3.33. The van der Waals surface area contributed by atoms with Gasteiger partial charge in [0.2, 0.25) is 0 Å². The Balaban J connectivity index is 1.97. The number of aromatic hydroxyl groups is 1. The Labute approximate surface area is 142 Å². The molecule has 0 aliphatic rings. The van der Waals surface area contributed by atoms with Gasteiger partial charge >= 0.3 is 0 Å². The van der Waals surface area contributed by atoms with Crippen LogP contribution in [0, 0.1) is 5.82 Å². The van der Waals surface area contributed by atoms with Crippen LogP contribution in [0.4, 0.5) is 10.1 Å². The summed E-state index contributed by atoms with van der Waals surface area (Å²) < 4.78 is 14.8. The predicted molar refractivity (Wildman–Crippen MR) is 91.4 cm³/mol. The van der Waals surface area contributed by atoms with Crippen LogP contribution in [0.2, 0.25) is 0 Å². The van der Waals surface area contributed by atoms with E-state index in [9.17, 15) is 14.3 Å². The molecule has 24 heavy (non-hydrogen) atoms. The molecule has 3 rings (SSSR count). The van der Waals surface area contributed by atoms with E-state index in [2.05, 4.69) is 10.3 Å². The van der Waals surface area contributed by atoms with E-state index >= 15 is 0 Å². The van der Waals surface area contributed by atoms with Gasteiger partial charge in [0.25, 0.3) is 5.91 Å². The molecule has 2 N–H and O–H groups in total. The molecule has 0 aliphatic heterocycles. The largest absolute Gasteiger partial charge is 0.508 e. The number of nitrogens with zero attached hydrogens (tertiary/aromatic N) is 2. The molecule has 122 valence electrons. The number of nitrogens with one attached hydrogen (secondary N) is 1. The summed E-state index contributed by atoms with van der Waals surface area (Å²) in [5.74, 6) is -0.669. The first-order chi connectivity index (χ1) is 11.6. The molecule has 1 heterocycles. The molecular formula is C17H14FN3O2S. The number of phenols is 1. The number of halogens is 1. The molecule has 0 spiro atoms. The van der Waals surface area contributed by atoms with Gasteiger partial charge in [-0.15, -0.1) is 0 Å². The summed E-state index contributed by atoms with van der Waals surface area (Å²) in [4.78, 5) is 16.8. The average Bonchev–Trinajstić information content (AvgIpc) is 2.99. The highest BCUT2D eigenvalue weighted by atomic mass is 32.2. The molecule has 0 atom stereocenters. The molecule has 0 saturated heterocycles. The zero-order chi connectivity index (χ0) is 17.1. The Bertz CT molecular complexity index is 878. The van der Waals surface area contributed by atoms with E-state index in [1.807, 2.05) is 6.26 Å². The minimum absolute atomic E-state index is 0.0599. The lowest BCUT2D eigenvalue weighted by atomic mass is 10.2. The van der Waals surface area contributed by atoms with Gasteiger partial charge in [0.15, 0.2) is 5.16 Å². The monoisotopic (exact) mass is 343 g/mol. The van der Waals surface area contributed by atoms with E-state index in [4.69, 9.17) is 0 Å². The number of hydrogen-bond donors (Lipinski definition) is 2. The fourth-order valence-electron chi connectivity index (χ4n) is 2.26. The van der Waals surface area contributed by atoms with E-state index in [0.29, 0.717) is 22.2 Å². The summed E-state index contributed by atoms with van der Waals surface area (Å²) >= 11 is 1.38. The van der Waals surface area contributed by atoms with Gasteiger partial charge in [-0.2, -0.15) is 0 Å². The lowest BCUT2D eigenvalue weighted by Crippen LogP contribution is -2.16. The van der Waals surface area contributed by atoms with Crippen LogP contribution in [-0.4, -0.2) is 26.8 Å². The van der Waals surface area contributed by atoms with Crippen molar-refractivity contribution in [3.8, 4) is 11.4 Å². The molecule has 0 saturated carbocycles. The Hall–Kier alpha value is -2.80. The van der Waals surface area contributed by atoms with Gasteiger partial charge < -0.3 is 10.4 Å². The molecule has 0 aliphatic carbocycles. The van der Waals surface area contributed by atoms with E-state index in [-0.39, 0.29) is 17.5 Å². The number of phenolic OH excluding ortho intramolecular Hbond substituents is 1. The van der Waals surface area contributed by atoms with Crippen LogP contribution in [0.3, 0.4) is 0 Å². The van der Waals surface area contributed by atoms with Gasteiger partial charge in [-0.25, -0.2) is 9.37 Å². The minimum atomic E-state index is -0.377. The van der Waals surface area contributed by atoms with Crippen LogP contribution in [-0.2, 0) is 0 Å². The van der Waals surface area contributed by atoms with Crippen molar-refractivity contribution in [1.82, 2.24) is 9.55 Å².